The molecule has 7 nitrogen and oxygen atoms in total. The maximum absolute atomic E-state index is 14.4. The predicted octanol–water partition coefficient (Wildman–Crippen LogP) is 5.05. The highest BCUT2D eigenvalue weighted by molar-refractivity contribution is 5.92. The summed E-state index contributed by atoms with van der Waals surface area (Å²) in [5.74, 6) is -1.19. The Hall–Kier alpha value is -4.39. The number of carbonyl (C=O) groups is 3. The molecule has 3 aromatic rings. The van der Waals surface area contributed by atoms with Crippen molar-refractivity contribution in [3.05, 3.63) is 119 Å². The second-order valence-corrected chi connectivity index (χ2v) is 10.4. The molecule has 2 atom stereocenters. The Morgan fingerprint density at radius 2 is 1.45 bits per heavy atom. The normalized spacial score (nSPS) is 18.2. The van der Waals surface area contributed by atoms with E-state index in [1.165, 1.54) is 0 Å². The van der Waals surface area contributed by atoms with E-state index in [1.54, 1.807) is 28.7 Å². The molecule has 0 N–H and O–H groups in total. The van der Waals surface area contributed by atoms with E-state index in [4.69, 9.17) is 4.74 Å². The van der Waals surface area contributed by atoms with E-state index in [1.807, 2.05) is 97.1 Å². The summed E-state index contributed by atoms with van der Waals surface area (Å²) in [6, 6.07) is 27.9. The number of urea groups is 1. The highest BCUT2D eigenvalue weighted by Gasteiger charge is 2.46. The molecule has 6 rings (SSSR count). The Balaban J connectivity index is 1.49. The van der Waals surface area contributed by atoms with Crippen LogP contribution in [0.25, 0.3) is 0 Å². The van der Waals surface area contributed by atoms with Crippen LogP contribution in [0.3, 0.4) is 0 Å². The van der Waals surface area contributed by atoms with Gasteiger partial charge < -0.3 is 19.4 Å². The SMILES string of the molecule is CCOC(=O)[C@H]1C2=CCC(CN2C(=O)C(c2ccccc2)c2ccccc2)CN1C(=O)N(C)Cc1ccccc1. The minimum Gasteiger partial charge on any atom is -0.464 e. The van der Waals surface area contributed by atoms with Crippen LogP contribution in [0.5, 0.6) is 0 Å². The lowest BCUT2D eigenvalue weighted by Gasteiger charge is -2.36. The molecule has 0 spiro atoms. The van der Waals surface area contributed by atoms with Crippen LogP contribution in [0.1, 0.15) is 36.0 Å². The van der Waals surface area contributed by atoms with Gasteiger partial charge >= 0.3 is 12.0 Å². The van der Waals surface area contributed by atoms with Gasteiger partial charge in [0.2, 0.25) is 5.91 Å². The molecule has 1 fully saturated rings. The number of carbonyl (C=O) groups excluding carboxylic acids is 3. The Morgan fingerprint density at radius 3 is 2.02 bits per heavy atom. The maximum Gasteiger partial charge on any atom is 0.335 e. The highest BCUT2D eigenvalue weighted by Crippen LogP contribution is 2.36. The second-order valence-electron chi connectivity index (χ2n) is 10.4. The molecule has 40 heavy (non-hydrogen) atoms. The molecule has 0 aliphatic carbocycles. The molecule has 7 heteroatoms. The number of esters is 1. The van der Waals surface area contributed by atoms with Crippen LogP contribution in [0.4, 0.5) is 4.79 Å². The second kappa shape index (κ2) is 12.2. The van der Waals surface area contributed by atoms with E-state index in [9.17, 15) is 14.4 Å². The molecule has 3 heterocycles. The topological polar surface area (TPSA) is 70.2 Å². The van der Waals surface area contributed by atoms with E-state index in [0.29, 0.717) is 31.8 Å². The molecular formula is C33H35N3O4. The van der Waals surface area contributed by atoms with E-state index < -0.39 is 17.9 Å². The number of benzene rings is 3. The molecule has 3 aliphatic rings. The standard InChI is InChI=1S/C33H35N3O4/c1-3-40-32(38)30-28-20-19-25(23-36(30)33(39)34(2)21-24-13-7-4-8-14-24)22-35(28)31(37)29(26-15-9-5-10-16-26)27-17-11-6-12-18-27/h4-18,20,25,29-30H,3,19,21-23H2,1-2H3/t25?,30-/m1/s1. The van der Waals surface area contributed by atoms with Crippen molar-refractivity contribution in [3.63, 3.8) is 0 Å². The van der Waals surface area contributed by atoms with Crippen LogP contribution >= 0.6 is 0 Å². The van der Waals surface area contributed by atoms with E-state index in [0.717, 1.165) is 16.7 Å². The Morgan fingerprint density at radius 1 is 0.875 bits per heavy atom. The Kier molecular flexibility index (Phi) is 8.29. The molecular weight excluding hydrogens is 502 g/mol. The van der Waals surface area contributed by atoms with Crippen LogP contribution in [0.15, 0.2) is 103 Å². The number of ether oxygens (including phenoxy) is 1. The van der Waals surface area contributed by atoms with Gasteiger partial charge in [-0.3, -0.25) is 4.79 Å². The third-order valence-corrected chi connectivity index (χ3v) is 7.58. The van der Waals surface area contributed by atoms with E-state index in [-0.39, 0.29) is 24.5 Å². The lowest BCUT2D eigenvalue weighted by atomic mass is 9.88. The van der Waals surface area contributed by atoms with E-state index >= 15 is 0 Å². The lowest BCUT2D eigenvalue weighted by molar-refractivity contribution is -0.147. The van der Waals surface area contributed by atoms with Crippen molar-refractivity contribution in [1.29, 1.82) is 0 Å². The van der Waals surface area contributed by atoms with Crippen LogP contribution in [0, 0.1) is 5.92 Å². The van der Waals surface area contributed by atoms with Gasteiger partial charge in [-0.15, -0.1) is 0 Å². The molecule has 0 aromatic heterocycles. The van der Waals surface area contributed by atoms with Gasteiger partial charge in [-0.05, 0) is 36.0 Å². The summed E-state index contributed by atoms with van der Waals surface area (Å²) in [6.07, 6.45) is 2.63. The summed E-state index contributed by atoms with van der Waals surface area (Å²) in [5, 5.41) is 0. The van der Waals surface area contributed by atoms with Crippen molar-refractivity contribution in [3.8, 4) is 0 Å². The number of hydrogen-bond acceptors (Lipinski definition) is 4. The monoisotopic (exact) mass is 537 g/mol. The molecule has 3 amide bonds. The van der Waals surface area contributed by atoms with Gasteiger partial charge in [0.05, 0.1) is 18.2 Å². The van der Waals surface area contributed by atoms with E-state index in [2.05, 4.69) is 0 Å². The number of allylic oxidation sites excluding steroid dienone is 1. The number of rotatable bonds is 7. The van der Waals surface area contributed by atoms with Crippen LogP contribution in [0.2, 0.25) is 0 Å². The van der Waals surface area contributed by atoms with Crippen LogP contribution in [-0.4, -0.2) is 65.4 Å². The van der Waals surface area contributed by atoms with Gasteiger partial charge in [-0.25, -0.2) is 9.59 Å². The average Bonchev–Trinajstić information content (AvgIpc) is 3.27. The Labute approximate surface area is 235 Å². The first-order valence-corrected chi connectivity index (χ1v) is 13.8. The molecule has 1 unspecified atom stereocenters. The van der Waals surface area contributed by atoms with Gasteiger partial charge in [0.1, 0.15) is 0 Å². The van der Waals surface area contributed by atoms with Crippen LogP contribution in [-0.2, 0) is 20.9 Å². The molecule has 1 saturated heterocycles. The molecule has 3 aliphatic heterocycles. The summed E-state index contributed by atoms with van der Waals surface area (Å²) >= 11 is 0. The zero-order valence-electron chi connectivity index (χ0n) is 23.0. The first kappa shape index (κ1) is 27.2. The summed E-state index contributed by atoms with van der Waals surface area (Å²) in [4.78, 5) is 46.7. The minimum absolute atomic E-state index is 0.00611. The van der Waals surface area contributed by atoms with Gasteiger partial charge in [-0.1, -0.05) is 97.1 Å². The molecule has 0 saturated carbocycles. The third kappa shape index (κ3) is 5.64. The fraction of sp³-hybridized carbons (Fsp3) is 0.303. The van der Waals surface area contributed by atoms with Crippen molar-refractivity contribution in [2.45, 2.75) is 31.8 Å². The zero-order valence-corrected chi connectivity index (χ0v) is 23.0. The summed E-state index contributed by atoms with van der Waals surface area (Å²) < 4.78 is 5.49. The summed E-state index contributed by atoms with van der Waals surface area (Å²) in [5.41, 5.74) is 3.27. The summed E-state index contributed by atoms with van der Waals surface area (Å²) in [7, 11) is 1.74. The van der Waals surface area contributed by atoms with Crippen molar-refractivity contribution in [1.82, 2.24) is 14.7 Å². The fourth-order valence-corrected chi connectivity index (χ4v) is 5.71. The smallest absolute Gasteiger partial charge is 0.335 e. The van der Waals surface area contributed by atoms with Crippen molar-refractivity contribution in [2.75, 3.05) is 26.7 Å². The quantitative estimate of drug-likeness (QED) is 0.396. The van der Waals surface area contributed by atoms with Gasteiger partial charge in [0, 0.05) is 26.7 Å². The lowest BCUT2D eigenvalue weighted by Crippen LogP contribution is -2.52. The highest BCUT2D eigenvalue weighted by atomic mass is 16.5. The van der Waals surface area contributed by atoms with Gasteiger partial charge in [-0.2, -0.15) is 0 Å². The number of amides is 3. The summed E-state index contributed by atoms with van der Waals surface area (Å²) in [6.45, 7) is 3.12. The maximum atomic E-state index is 14.4. The molecule has 3 aromatic carbocycles. The fourth-order valence-electron chi connectivity index (χ4n) is 5.71. The zero-order chi connectivity index (χ0) is 28.1. The third-order valence-electron chi connectivity index (χ3n) is 7.58. The van der Waals surface area contributed by atoms with Gasteiger partial charge in [0.25, 0.3) is 0 Å². The van der Waals surface area contributed by atoms with Crippen molar-refractivity contribution < 1.29 is 19.1 Å². The minimum atomic E-state index is -1.01. The van der Waals surface area contributed by atoms with Crippen molar-refractivity contribution >= 4 is 17.9 Å². The van der Waals surface area contributed by atoms with Crippen molar-refractivity contribution in [2.24, 2.45) is 5.92 Å². The first-order valence-electron chi connectivity index (χ1n) is 13.8. The number of nitrogens with zero attached hydrogens (tertiary/aromatic N) is 3. The molecule has 206 valence electrons. The largest absolute Gasteiger partial charge is 0.464 e. The average molecular weight is 538 g/mol. The first-order chi connectivity index (χ1) is 19.5. The number of hydrogen-bond donors (Lipinski definition) is 0. The van der Waals surface area contributed by atoms with Crippen LogP contribution < -0.4 is 0 Å². The molecule has 2 bridgehead atoms. The van der Waals surface area contributed by atoms with Gasteiger partial charge in [0.15, 0.2) is 6.04 Å². The number of fused-ring (bicyclic) bond motifs is 4. The predicted molar refractivity (Wildman–Crippen MR) is 153 cm³/mol. The Bertz CT molecular complexity index is 1320. The molecule has 0 radical (unpaired) electrons.